The van der Waals surface area contributed by atoms with Gasteiger partial charge in [-0.3, -0.25) is 5.43 Å². The van der Waals surface area contributed by atoms with Gasteiger partial charge in [-0.05, 0) is 63.2 Å². The van der Waals surface area contributed by atoms with Crippen molar-refractivity contribution in [3.05, 3.63) is 71.1 Å². The first kappa shape index (κ1) is 19.2. The van der Waals surface area contributed by atoms with Crippen LogP contribution in [0.15, 0.2) is 65.1 Å². The summed E-state index contributed by atoms with van der Waals surface area (Å²) < 4.78 is 0. The highest BCUT2D eigenvalue weighted by Crippen LogP contribution is 2.21. The lowest BCUT2D eigenvalue weighted by Crippen LogP contribution is -2.38. The standard InChI is InChI=1S/C22H31N5/c1-5-12-26(4)16-20-9-6-8-19(14-20)15-23-17(2)13-21-10-7-11-22-25-24-18(3)27(21)22/h6-11,13-14,22-23,25H,5,12,15-16H2,1-4H3/b17-13-. The van der Waals surface area contributed by atoms with Crippen LogP contribution >= 0.6 is 0 Å². The Morgan fingerprint density at radius 1 is 1.37 bits per heavy atom. The number of fused-ring (bicyclic) bond motifs is 1. The molecule has 2 aliphatic rings. The molecule has 2 heterocycles. The van der Waals surface area contributed by atoms with Crippen LogP contribution in [0.4, 0.5) is 0 Å². The Hall–Kier alpha value is -2.53. The van der Waals surface area contributed by atoms with Gasteiger partial charge in [-0.25, -0.2) is 0 Å². The zero-order chi connectivity index (χ0) is 19.2. The van der Waals surface area contributed by atoms with Gasteiger partial charge in [-0.2, -0.15) is 5.10 Å². The van der Waals surface area contributed by atoms with E-state index < -0.39 is 0 Å². The van der Waals surface area contributed by atoms with Crippen LogP contribution in [0.5, 0.6) is 0 Å². The van der Waals surface area contributed by atoms with E-state index in [0.29, 0.717) is 0 Å². The second kappa shape index (κ2) is 8.91. The lowest BCUT2D eigenvalue weighted by Gasteiger charge is -2.27. The summed E-state index contributed by atoms with van der Waals surface area (Å²) >= 11 is 0. The van der Waals surface area contributed by atoms with Gasteiger partial charge < -0.3 is 15.1 Å². The largest absolute Gasteiger partial charge is 0.384 e. The number of benzene rings is 1. The predicted octanol–water partition coefficient (Wildman–Crippen LogP) is 3.54. The Labute approximate surface area is 163 Å². The number of hydrogen-bond acceptors (Lipinski definition) is 5. The molecule has 0 aromatic heterocycles. The fourth-order valence-electron chi connectivity index (χ4n) is 3.53. The summed E-state index contributed by atoms with van der Waals surface area (Å²) in [7, 11) is 2.18. The van der Waals surface area contributed by atoms with Crippen LogP contribution in [0, 0.1) is 0 Å². The van der Waals surface area contributed by atoms with E-state index in [2.05, 4.69) is 95.1 Å². The highest BCUT2D eigenvalue weighted by molar-refractivity contribution is 5.84. The first-order valence-electron chi connectivity index (χ1n) is 9.73. The van der Waals surface area contributed by atoms with E-state index in [-0.39, 0.29) is 6.17 Å². The fraction of sp³-hybridized carbons (Fsp3) is 0.409. The Morgan fingerprint density at radius 2 is 2.19 bits per heavy atom. The van der Waals surface area contributed by atoms with Gasteiger partial charge >= 0.3 is 0 Å². The molecule has 0 amide bonds. The molecule has 0 saturated carbocycles. The second-order valence-corrected chi connectivity index (χ2v) is 7.32. The zero-order valence-electron chi connectivity index (χ0n) is 16.9. The molecule has 0 aliphatic carbocycles. The lowest BCUT2D eigenvalue weighted by atomic mass is 10.1. The van der Waals surface area contributed by atoms with E-state index in [9.17, 15) is 0 Å². The third-order valence-corrected chi connectivity index (χ3v) is 4.81. The van der Waals surface area contributed by atoms with Gasteiger partial charge in [0.2, 0.25) is 0 Å². The molecule has 3 rings (SSSR count). The predicted molar refractivity (Wildman–Crippen MR) is 113 cm³/mol. The normalized spacial score (nSPS) is 18.9. The SMILES string of the molecule is CCCN(C)Cc1cccc(CN/C(C)=C\C2=CC=CC3NN=C(C)N23)c1. The first-order valence-corrected chi connectivity index (χ1v) is 9.73. The van der Waals surface area contributed by atoms with Crippen LogP contribution in [0.3, 0.4) is 0 Å². The monoisotopic (exact) mass is 365 g/mol. The van der Waals surface area contributed by atoms with Crippen molar-refractivity contribution in [3.8, 4) is 0 Å². The number of rotatable bonds is 8. The quantitative estimate of drug-likeness (QED) is 0.739. The van der Waals surface area contributed by atoms with Crippen LogP contribution in [0.25, 0.3) is 0 Å². The smallest absolute Gasteiger partial charge is 0.140 e. The highest BCUT2D eigenvalue weighted by atomic mass is 15.5. The molecule has 2 aliphatic heterocycles. The van der Waals surface area contributed by atoms with E-state index >= 15 is 0 Å². The van der Waals surface area contributed by atoms with Crippen molar-refractivity contribution in [1.82, 2.24) is 20.5 Å². The molecule has 2 N–H and O–H groups in total. The van der Waals surface area contributed by atoms with Gasteiger partial charge in [-0.15, -0.1) is 0 Å². The molecule has 0 saturated heterocycles. The molecule has 1 unspecified atom stereocenters. The average molecular weight is 366 g/mol. The summed E-state index contributed by atoms with van der Waals surface area (Å²) in [4.78, 5) is 4.57. The van der Waals surface area contributed by atoms with Gasteiger partial charge in [0.05, 0.1) is 0 Å². The van der Waals surface area contributed by atoms with E-state index in [1.54, 1.807) is 0 Å². The maximum absolute atomic E-state index is 4.33. The molecular weight excluding hydrogens is 334 g/mol. The van der Waals surface area contributed by atoms with Crippen LogP contribution in [0.2, 0.25) is 0 Å². The molecule has 27 heavy (non-hydrogen) atoms. The molecule has 1 aromatic rings. The first-order chi connectivity index (χ1) is 13.1. The van der Waals surface area contributed by atoms with Crippen LogP contribution in [0.1, 0.15) is 38.3 Å². The number of allylic oxidation sites excluding steroid dienone is 4. The number of nitrogens with zero attached hydrogens (tertiary/aromatic N) is 3. The van der Waals surface area contributed by atoms with Gasteiger partial charge in [0, 0.05) is 24.5 Å². The summed E-state index contributed by atoms with van der Waals surface area (Å²) in [5.74, 6) is 0.989. The van der Waals surface area contributed by atoms with Crippen molar-refractivity contribution < 1.29 is 0 Å². The lowest BCUT2D eigenvalue weighted by molar-refractivity contribution is 0.327. The molecular formula is C22H31N5. The maximum Gasteiger partial charge on any atom is 0.140 e. The summed E-state index contributed by atoms with van der Waals surface area (Å²) in [6.45, 7) is 9.31. The van der Waals surface area contributed by atoms with Crippen molar-refractivity contribution in [1.29, 1.82) is 0 Å². The number of nitrogens with one attached hydrogen (secondary N) is 2. The van der Waals surface area contributed by atoms with Gasteiger partial charge in [0.15, 0.2) is 0 Å². The van der Waals surface area contributed by atoms with Crippen LogP contribution < -0.4 is 10.7 Å². The fourth-order valence-corrected chi connectivity index (χ4v) is 3.53. The Morgan fingerprint density at radius 3 is 3.00 bits per heavy atom. The molecule has 1 aromatic carbocycles. The second-order valence-electron chi connectivity index (χ2n) is 7.32. The van der Waals surface area contributed by atoms with Crippen molar-refractivity contribution >= 4 is 5.84 Å². The minimum atomic E-state index is 0.130. The van der Waals surface area contributed by atoms with E-state index in [1.807, 2.05) is 6.92 Å². The number of amidine groups is 1. The Bertz CT molecular complexity index is 775. The average Bonchev–Trinajstić information content (AvgIpc) is 3.03. The van der Waals surface area contributed by atoms with E-state index in [0.717, 1.165) is 36.9 Å². The Kier molecular flexibility index (Phi) is 6.35. The van der Waals surface area contributed by atoms with Gasteiger partial charge in [0.1, 0.15) is 12.0 Å². The number of hydrazone groups is 1. The van der Waals surface area contributed by atoms with E-state index in [1.165, 1.54) is 17.5 Å². The minimum Gasteiger partial charge on any atom is -0.384 e. The van der Waals surface area contributed by atoms with Crippen molar-refractivity contribution in [2.24, 2.45) is 5.10 Å². The van der Waals surface area contributed by atoms with Crippen LogP contribution in [-0.4, -0.2) is 35.4 Å². The summed E-state index contributed by atoms with van der Waals surface area (Å²) in [5.41, 5.74) is 8.09. The molecule has 144 valence electrons. The molecule has 0 spiro atoms. The highest BCUT2D eigenvalue weighted by Gasteiger charge is 2.26. The summed E-state index contributed by atoms with van der Waals surface area (Å²) in [5, 5.41) is 7.87. The molecule has 1 atom stereocenters. The Balaban J connectivity index is 1.60. The molecule has 0 radical (unpaired) electrons. The topological polar surface area (TPSA) is 42.9 Å². The van der Waals surface area contributed by atoms with Crippen LogP contribution in [-0.2, 0) is 13.1 Å². The third kappa shape index (κ3) is 5.01. The van der Waals surface area contributed by atoms with E-state index in [4.69, 9.17) is 0 Å². The van der Waals surface area contributed by atoms with Crippen molar-refractivity contribution in [2.45, 2.75) is 46.4 Å². The minimum absolute atomic E-state index is 0.130. The zero-order valence-corrected chi connectivity index (χ0v) is 16.9. The van der Waals surface area contributed by atoms with Crippen molar-refractivity contribution in [2.75, 3.05) is 13.6 Å². The molecule has 5 nitrogen and oxygen atoms in total. The van der Waals surface area contributed by atoms with Gasteiger partial charge in [-0.1, -0.05) is 37.3 Å². The van der Waals surface area contributed by atoms with Crippen molar-refractivity contribution in [3.63, 3.8) is 0 Å². The molecule has 5 heteroatoms. The molecule has 0 fully saturated rings. The third-order valence-electron chi connectivity index (χ3n) is 4.81. The maximum atomic E-state index is 4.33. The summed E-state index contributed by atoms with van der Waals surface area (Å²) in [6.07, 6.45) is 9.81. The molecule has 0 bridgehead atoms. The summed E-state index contributed by atoms with van der Waals surface area (Å²) in [6, 6.07) is 8.84. The number of hydrogen-bond donors (Lipinski definition) is 2. The van der Waals surface area contributed by atoms with Gasteiger partial charge in [0.25, 0.3) is 0 Å².